The van der Waals surface area contributed by atoms with Gasteiger partial charge in [-0.2, -0.15) is 4.98 Å². The minimum Gasteiger partial charge on any atom is -0.398 e. The maximum Gasteiger partial charge on any atom is 0.339 e. The summed E-state index contributed by atoms with van der Waals surface area (Å²) in [6, 6.07) is 5.55. The Kier molecular flexibility index (Phi) is 3.24. The quantitative estimate of drug-likeness (QED) is 0.609. The molecule has 0 spiro atoms. The van der Waals surface area contributed by atoms with Gasteiger partial charge in [0.1, 0.15) is 0 Å². The number of benzene rings is 1. The number of nitrogens with zero attached hydrogens (tertiary/aromatic N) is 2. The van der Waals surface area contributed by atoms with Gasteiger partial charge in [0.15, 0.2) is 5.16 Å². The van der Waals surface area contributed by atoms with E-state index in [-0.39, 0.29) is 0 Å². The van der Waals surface area contributed by atoms with Crippen LogP contribution in [0.4, 0.5) is 5.69 Å². The predicted molar refractivity (Wildman–Crippen MR) is 69.8 cm³/mol. The van der Waals surface area contributed by atoms with Gasteiger partial charge in [-0.25, -0.2) is 0 Å². The molecule has 2 rings (SSSR count). The lowest BCUT2D eigenvalue weighted by Crippen LogP contribution is -2.33. The van der Waals surface area contributed by atoms with E-state index in [0.29, 0.717) is 10.8 Å². The van der Waals surface area contributed by atoms with Crippen LogP contribution in [0.5, 0.6) is 0 Å². The molecule has 0 aliphatic rings. The van der Waals surface area contributed by atoms with Gasteiger partial charge in [0, 0.05) is 17.6 Å². The first-order valence-corrected chi connectivity index (χ1v) is 6.01. The number of nitrogens with one attached hydrogen (secondary N) is 1. The zero-order valence-electron chi connectivity index (χ0n) is 9.93. The Morgan fingerprint density at radius 1 is 1.39 bits per heavy atom. The number of rotatable bonds is 2. The Bertz CT molecular complexity index is 685. The summed E-state index contributed by atoms with van der Waals surface area (Å²) in [4.78, 5) is 26.9. The van der Waals surface area contributed by atoms with Crippen LogP contribution in [-0.4, -0.2) is 14.8 Å². The Balaban J connectivity index is 2.50. The zero-order chi connectivity index (χ0) is 13.3. The largest absolute Gasteiger partial charge is 0.398 e. The molecule has 2 aromatic rings. The normalized spacial score (nSPS) is 10.6. The summed E-state index contributed by atoms with van der Waals surface area (Å²) in [6.07, 6.45) is 0. The van der Waals surface area contributed by atoms with Gasteiger partial charge in [-0.1, -0.05) is 12.1 Å². The summed E-state index contributed by atoms with van der Waals surface area (Å²) in [5.74, 6) is 0. The smallest absolute Gasteiger partial charge is 0.339 e. The average molecular weight is 264 g/mol. The first-order chi connectivity index (χ1) is 8.49. The fourth-order valence-corrected chi connectivity index (χ4v) is 2.37. The molecule has 0 radical (unpaired) electrons. The minimum atomic E-state index is -0.803. The molecule has 1 heterocycles. The summed E-state index contributed by atoms with van der Waals surface area (Å²) in [6.45, 7) is 1.92. The van der Waals surface area contributed by atoms with E-state index in [1.807, 2.05) is 19.1 Å². The maximum absolute atomic E-state index is 11.2. The number of anilines is 1. The van der Waals surface area contributed by atoms with E-state index >= 15 is 0 Å². The topological polar surface area (TPSA) is 93.8 Å². The number of nitrogens with two attached hydrogens (primary N) is 1. The zero-order valence-corrected chi connectivity index (χ0v) is 10.7. The second kappa shape index (κ2) is 4.69. The van der Waals surface area contributed by atoms with Crippen LogP contribution < -0.4 is 16.9 Å². The van der Waals surface area contributed by atoms with Crippen molar-refractivity contribution in [3.8, 4) is 0 Å². The van der Waals surface area contributed by atoms with E-state index in [2.05, 4.69) is 10.1 Å². The van der Waals surface area contributed by atoms with Crippen LogP contribution >= 0.6 is 11.8 Å². The summed E-state index contributed by atoms with van der Waals surface area (Å²) in [5, 5.41) is 2.78. The van der Waals surface area contributed by atoms with Crippen molar-refractivity contribution in [2.24, 2.45) is 7.05 Å². The van der Waals surface area contributed by atoms with Crippen LogP contribution in [0.25, 0.3) is 0 Å². The molecule has 0 amide bonds. The standard InChI is InChI=1S/C11H12N4O2S/c1-6-4-3-5-7(12)8(6)18-11-13-9(16)10(17)14-15(11)2/h3-5H,12H2,1-2H3,(H,14,17). The molecule has 0 bridgehead atoms. The molecule has 7 heteroatoms. The van der Waals surface area contributed by atoms with Crippen molar-refractivity contribution >= 4 is 17.4 Å². The van der Waals surface area contributed by atoms with E-state index in [9.17, 15) is 9.59 Å². The van der Waals surface area contributed by atoms with Crippen molar-refractivity contribution in [1.82, 2.24) is 14.8 Å². The number of hydrogen-bond donors (Lipinski definition) is 2. The van der Waals surface area contributed by atoms with Crippen LogP contribution in [0, 0.1) is 6.92 Å². The van der Waals surface area contributed by atoms with Gasteiger partial charge in [0.25, 0.3) is 0 Å². The van der Waals surface area contributed by atoms with Crippen LogP contribution in [0.15, 0.2) is 37.8 Å². The number of aromatic nitrogens is 3. The second-order valence-corrected chi connectivity index (χ2v) is 4.77. The number of H-pyrrole nitrogens is 1. The van der Waals surface area contributed by atoms with Crippen molar-refractivity contribution < 1.29 is 0 Å². The Morgan fingerprint density at radius 3 is 2.78 bits per heavy atom. The third-order valence-corrected chi connectivity index (χ3v) is 3.69. The van der Waals surface area contributed by atoms with Crippen LogP contribution in [-0.2, 0) is 7.05 Å². The number of aromatic amines is 1. The van der Waals surface area contributed by atoms with Crippen molar-refractivity contribution in [3.05, 3.63) is 44.5 Å². The number of hydrogen-bond acceptors (Lipinski definition) is 5. The number of nitrogen functional groups attached to an aromatic ring is 1. The lowest BCUT2D eigenvalue weighted by molar-refractivity contribution is 0.596. The van der Waals surface area contributed by atoms with Gasteiger partial charge in [-0.15, -0.1) is 0 Å². The SMILES string of the molecule is Cc1cccc(N)c1Sc1nc(=O)c(=O)[nH]n1C. The van der Waals surface area contributed by atoms with E-state index < -0.39 is 11.1 Å². The summed E-state index contributed by atoms with van der Waals surface area (Å²) in [7, 11) is 1.62. The lowest BCUT2D eigenvalue weighted by Gasteiger charge is -2.10. The highest BCUT2D eigenvalue weighted by Gasteiger charge is 2.10. The first kappa shape index (κ1) is 12.4. The Morgan fingerprint density at radius 2 is 2.11 bits per heavy atom. The van der Waals surface area contributed by atoms with Crippen LogP contribution in [0.2, 0.25) is 0 Å². The van der Waals surface area contributed by atoms with Gasteiger partial charge in [0.05, 0.1) is 0 Å². The van der Waals surface area contributed by atoms with Gasteiger partial charge in [-0.3, -0.25) is 19.4 Å². The molecule has 0 aliphatic carbocycles. The van der Waals surface area contributed by atoms with Crippen molar-refractivity contribution in [3.63, 3.8) is 0 Å². The average Bonchev–Trinajstić information content (AvgIpc) is 2.30. The second-order valence-electron chi connectivity index (χ2n) is 3.79. The van der Waals surface area contributed by atoms with Gasteiger partial charge in [0.2, 0.25) is 0 Å². The molecule has 0 saturated heterocycles. The molecule has 0 aliphatic heterocycles. The Hall–Kier alpha value is -2.02. The molecule has 0 fully saturated rings. The summed E-state index contributed by atoms with van der Waals surface area (Å²) in [5.41, 5.74) is 5.94. The van der Waals surface area contributed by atoms with Crippen molar-refractivity contribution in [2.45, 2.75) is 17.0 Å². The fourth-order valence-electron chi connectivity index (χ4n) is 1.46. The van der Waals surface area contributed by atoms with Gasteiger partial charge >= 0.3 is 11.1 Å². The molecular formula is C11H12N4O2S. The maximum atomic E-state index is 11.2. The molecule has 0 saturated carbocycles. The lowest BCUT2D eigenvalue weighted by atomic mass is 10.2. The molecule has 0 atom stereocenters. The van der Waals surface area contributed by atoms with Crippen molar-refractivity contribution in [1.29, 1.82) is 0 Å². The van der Waals surface area contributed by atoms with E-state index in [0.717, 1.165) is 10.5 Å². The molecule has 6 nitrogen and oxygen atoms in total. The highest BCUT2D eigenvalue weighted by molar-refractivity contribution is 7.99. The van der Waals surface area contributed by atoms with Gasteiger partial charge in [-0.05, 0) is 30.3 Å². The summed E-state index contributed by atoms with van der Waals surface area (Å²) < 4.78 is 1.40. The van der Waals surface area contributed by atoms with E-state index in [1.165, 1.54) is 16.4 Å². The summed E-state index contributed by atoms with van der Waals surface area (Å²) >= 11 is 1.25. The fraction of sp³-hybridized carbons (Fsp3) is 0.182. The van der Waals surface area contributed by atoms with E-state index in [4.69, 9.17) is 5.73 Å². The third-order valence-electron chi connectivity index (χ3n) is 2.38. The third kappa shape index (κ3) is 2.30. The first-order valence-electron chi connectivity index (χ1n) is 5.19. The predicted octanol–water partition coefficient (Wildman–Crippen LogP) is 0.510. The van der Waals surface area contributed by atoms with E-state index in [1.54, 1.807) is 13.1 Å². The number of aryl methyl sites for hydroxylation is 2. The molecule has 18 heavy (non-hydrogen) atoms. The van der Waals surface area contributed by atoms with Crippen LogP contribution in [0.3, 0.4) is 0 Å². The molecule has 1 aromatic carbocycles. The molecular weight excluding hydrogens is 252 g/mol. The highest BCUT2D eigenvalue weighted by atomic mass is 32.2. The van der Waals surface area contributed by atoms with Crippen LogP contribution in [0.1, 0.15) is 5.56 Å². The van der Waals surface area contributed by atoms with Gasteiger partial charge < -0.3 is 5.73 Å². The molecule has 94 valence electrons. The monoisotopic (exact) mass is 264 g/mol. The molecule has 1 aromatic heterocycles. The highest BCUT2D eigenvalue weighted by Crippen LogP contribution is 2.32. The van der Waals surface area contributed by atoms with Crippen molar-refractivity contribution in [2.75, 3.05) is 5.73 Å². The molecule has 3 N–H and O–H groups in total. The molecule has 0 unspecified atom stereocenters. The Labute approximate surface area is 107 Å². The minimum absolute atomic E-state index is 0.389.